The van der Waals surface area contributed by atoms with Gasteiger partial charge < -0.3 is 0 Å². The van der Waals surface area contributed by atoms with Crippen molar-refractivity contribution in [3.8, 4) is 0 Å². The van der Waals surface area contributed by atoms with Crippen molar-refractivity contribution in [2.24, 2.45) is 0 Å². The zero-order valence-corrected chi connectivity index (χ0v) is 8.61. The topological polar surface area (TPSA) is 16.1 Å². The summed E-state index contributed by atoms with van der Waals surface area (Å²) in [5.74, 6) is 0. The van der Waals surface area contributed by atoms with Crippen molar-refractivity contribution in [1.82, 2.24) is 9.88 Å². The minimum atomic E-state index is 0.571. The van der Waals surface area contributed by atoms with Crippen LogP contribution in [0.15, 0.2) is 24.9 Å². The Morgan fingerprint density at radius 2 is 2.43 bits per heavy atom. The smallest absolute Gasteiger partial charge is 0.0623 e. The monoisotopic (exact) mass is 188 g/mol. The van der Waals surface area contributed by atoms with E-state index in [9.17, 15) is 0 Å². The average molecular weight is 188 g/mol. The van der Waals surface area contributed by atoms with E-state index < -0.39 is 0 Å². The Labute approximate surface area is 85.3 Å². The molecule has 0 bridgehead atoms. The van der Waals surface area contributed by atoms with Crippen LogP contribution in [0.3, 0.4) is 0 Å². The van der Waals surface area contributed by atoms with Crippen LogP contribution >= 0.6 is 0 Å². The molecule has 0 amide bonds. The minimum absolute atomic E-state index is 0.571. The number of aromatic nitrogens is 1. The average Bonchev–Trinajstić information content (AvgIpc) is 2.65. The first-order valence-electron chi connectivity index (χ1n) is 5.10. The van der Waals surface area contributed by atoms with E-state index >= 15 is 0 Å². The van der Waals surface area contributed by atoms with E-state index in [1.165, 1.54) is 24.9 Å². The molecule has 1 atom stereocenters. The Bertz CT molecular complexity index is 316. The maximum Gasteiger partial charge on any atom is 0.0623 e. The summed E-state index contributed by atoms with van der Waals surface area (Å²) in [5.41, 5.74) is 2.28. The fourth-order valence-corrected chi connectivity index (χ4v) is 2.07. The van der Waals surface area contributed by atoms with Crippen molar-refractivity contribution in [2.75, 3.05) is 13.6 Å². The summed E-state index contributed by atoms with van der Waals surface area (Å²) in [5, 5.41) is 0. The highest BCUT2D eigenvalue weighted by Gasteiger charge is 2.22. The molecule has 2 heteroatoms. The molecule has 1 saturated heterocycles. The van der Waals surface area contributed by atoms with Gasteiger partial charge in [0, 0.05) is 12.2 Å². The lowest BCUT2D eigenvalue weighted by molar-refractivity contribution is 0.317. The molecule has 2 rings (SSSR count). The second-order valence-corrected chi connectivity index (χ2v) is 3.86. The van der Waals surface area contributed by atoms with Gasteiger partial charge >= 0.3 is 0 Å². The van der Waals surface area contributed by atoms with Gasteiger partial charge in [-0.3, -0.25) is 9.88 Å². The van der Waals surface area contributed by atoms with Crippen LogP contribution in [0.2, 0.25) is 0 Å². The van der Waals surface area contributed by atoms with Crippen LogP contribution in [0.25, 0.3) is 6.08 Å². The van der Waals surface area contributed by atoms with Gasteiger partial charge in [0.15, 0.2) is 0 Å². The molecule has 74 valence electrons. The molecule has 1 fully saturated rings. The molecule has 0 aromatic carbocycles. The third kappa shape index (κ3) is 1.70. The Kier molecular flexibility index (Phi) is 2.64. The maximum atomic E-state index is 4.33. The predicted octanol–water partition coefficient (Wildman–Crippen LogP) is 2.49. The van der Waals surface area contributed by atoms with Gasteiger partial charge in [0.2, 0.25) is 0 Å². The van der Waals surface area contributed by atoms with Crippen molar-refractivity contribution < 1.29 is 0 Å². The Hall–Kier alpha value is -1.15. The Balaban J connectivity index is 2.19. The van der Waals surface area contributed by atoms with Gasteiger partial charge in [-0.2, -0.15) is 0 Å². The molecular formula is C12H16N2. The van der Waals surface area contributed by atoms with Crippen LogP contribution in [-0.2, 0) is 0 Å². The van der Waals surface area contributed by atoms with Gasteiger partial charge in [-0.15, -0.1) is 0 Å². The lowest BCUT2D eigenvalue weighted by Gasteiger charge is -2.19. The third-order valence-corrected chi connectivity index (χ3v) is 2.92. The molecular weight excluding hydrogens is 172 g/mol. The van der Waals surface area contributed by atoms with Gasteiger partial charge in [0.1, 0.15) is 0 Å². The molecule has 0 N–H and O–H groups in total. The summed E-state index contributed by atoms with van der Waals surface area (Å²) in [6.07, 6.45) is 6.31. The van der Waals surface area contributed by atoms with E-state index in [4.69, 9.17) is 0 Å². The number of hydrogen-bond acceptors (Lipinski definition) is 2. The van der Waals surface area contributed by atoms with Gasteiger partial charge in [0.25, 0.3) is 0 Å². The molecule has 0 aliphatic carbocycles. The van der Waals surface area contributed by atoms with E-state index in [1.54, 1.807) is 6.08 Å². The summed E-state index contributed by atoms with van der Waals surface area (Å²) in [4.78, 5) is 6.72. The van der Waals surface area contributed by atoms with Crippen LogP contribution in [-0.4, -0.2) is 23.5 Å². The fraction of sp³-hybridized carbons (Fsp3) is 0.417. The molecule has 1 aliphatic heterocycles. The van der Waals surface area contributed by atoms with Crippen molar-refractivity contribution in [1.29, 1.82) is 0 Å². The van der Waals surface area contributed by atoms with Crippen molar-refractivity contribution in [3.63, 3.8) is 0 Å². The number of hydrogen-bond donors (Lipinski definition) is 0. The minimum Gasteiger partial charge on any atom is -0.299 e. The summed E-state index contributed by atoms with van der Waals surface area (Å²) >= 11 is 0. The SMILES string of the molecule is C=Cc1ccc([C@@H]2CCCN2C)cn1. The zero-order chi connectivity index (χ0) is 9.97. The van der Waals surface area contributed by atoms with Gasteiger partial charge in [-0.25, -0.2) is 0 Å². The fourth-order valence-electron chi connectivity index (χ4n) is 2.07. The van der Waals surface area contributed by atoms with Crippen LogP contribution in [0.5, 0.6) is 0 Å². The molecule has 0 spiro atoms. The van der Waals surface area contributed by atoms with Crippen molar-refractivity contribution >= 4 is 6.08 Å². The zero-order valence-electron chi connectivity index (χ0n) is 8.61. The highest BCUT2D eigenvalue weighted by molar-refractivity contribution is 5.41. The van der Waals surface area contributed by atoms with E-state index in [-0.39, 0.29) is 0 Å². The van der Waals surface area contributed by atoms with Gasteiger partial charge in [-0.05, 0) is 44.1 Å². The molecule has 0 unspecified atom stereocenters. The van der Waals surface area contributed by atoms with E-state index in [1.807, 2.05) is 12.3 Å². The molecule has 1 aromatic rings. The van der Waals surface area contributed by atoms with Crippen LogP contribution in [0, 0.1) is 0 Å². The number of likely N-dealkylation sites (tertiary alicyclic amines) is 1. The molecule has 0 radical (unpaired) electrons. The van der Waals surface area contributed by atoms with Gasteiger partial charge in [-0.1, -0.05) is 12.6 Å². The predicted molar refractivity (Wildman–Crippen MR) is 58.9 cm³/mol. The number of nitrogens with zero attached hydrogens (tertiary/aromatic N) is 2. The van der Waals surface area contributed by atoms with Crippen LogP contribution in [0.1, 0.15) is 30.1 Å². The van der Waals surface area contributed by atoms with Crippen molar-refractivity contribution in [3.05, 3.63) is 36.2 Å². The molecule has 14 heavy (non-hydrogen) atoms. The largest absolute Gasteiger partial charge is 0.299 e. The first kappa shape index (κ1) is 9.41. The summed E-state index contributed by atoms with van der Waals surface area (Å²) < 4.78 is 0. The molecule has 2 nitrogen and oxygen atoms in total. The lowest BCUT2D eigenvalue weighted by atomic mass is 10.1. The van der Waals surface area contributed by atoms with E-state index in [2.05, 4.69) is 29.6 Å². The summed E-state index contributed by atoms with van der Waals surface area (Å²) in [6.45, 7) is 4.90. The second kappa shape index (κ2) is 3.93. The standard InChI is InChI=1S/C12H16N2/c1-3-11-7-6-10(9-13-11)12-5-4-8-14(12)2/h3,6-7,9,12H,1,4-5,8H2,2H3/t12-/m0/s1. The summed E-state index contributed by atoms with van der Waals surface area (Å²) in [6, 6.07) is 4.77. The highest BCUT2D eigenvalue weighted by Crippen LogP contribution is 2.29. The normalized spacial score (nSPS) is 22.5. The van der Waals surface area contributed by atoms with Crippen molar-refractivity contribution in [2.45, 2.75) is 18.9 Å². The van der Waals surface area contributed by atoms with Gasteiger partial charge in [0.05, 0.1) is 5.69 Å². The quantitative estimate of drug-likeness (QED) is 0.709. The highest BCUT2D eigenvalue weighted by atomic mass is 15.1. The molecule has 0 saturated carbocycles. The maximum absolute atomic E-state index is 4.33. The molecule has 1 aliphatic rings. The van der Waals surface area contributed by atoms with Crippen LogP contribution in [0.4, 0.5) is 0 Å². The Morgan fingerprint density at radius 1 is 1.57 bits per heavy atom. The number of pyridine rings is 1. The number of rotatable bonds is 2. The second-order valence-electron chi connectivity index (χ2n) is 3.86. The molecule has 1 aromatic heterocycles. The molecule has 2 heterocycles. The van der Waals surface area contributed by atoms with Crippen LogP contribution < -0.4 is 0 Å². The first-order chi connectivity index (χ1) is 6.81. The Morgan fingerprint density at radius 3 is 2.93 bits per heavy atom. The van der Waals surface area contributed by atoms with E-state index in [0.29, 0.717) is 6.04 Å². The third-order valence-electron chi connectivity index (χ3n) is 2.92. The van der Waals surface area contributed by atoms with E-state index in [0.717, 1.165) is 5.69 Å². The summed E-state index contributed by atoms with van der Waals surface area (Å²) in [7, 11) is 2.18. The lowest BCUT2D eigenvalue weighted by Crippen LogP contribution is -2.17. The first-order valence-corrected chi connectivity index (χ1v) is 5.10.